The Bertz CT molecular complexity index is 408. The number of nitrogens with zero attached hydrogens (tertiary/aromatic N) is 1. The molecule has 4 heteroatoms. The number of unbranched alkanes of at least 4 members (excludes halogenated alkanes) is 2. The van der Waals surface area contributed by atoms with Gasteiger partial charge in [0, 0.05) is 6.07 Å². The molecule has 0 radical (unpaired) electrons. The van der Waals surface area contributed by atoms with Gasteiger partial charge in [0.05, 0.1) is 6.61 Å². The number of rotatable bonds is 8. The van der Waals surface area contributed by atoms with Gasteiger partial charge in [-0.05, 0) is 63.4 Å². The minimum atomic E-state index is -0.229. The summed E-state index contributed by atoms with van der Waals surface area (Å²) in [5, 5.41) is 0. The molecule has 1 heterocycles. The molecule has 0 aromatic heterocycles. The summed E-state index contributed by atoms with van der Waals surface area (Å²) in [4.78, 5) is 2.60. The third kappa shape index (κ3) is 6.97. The number of piperidine rings is 1. The van der Waals surface area contributed by atoms with E-state index in [0.717, 1.165) is 12.3 Å². The van der Waals surface area contributed by atoms with Crippen LogP contribution in [-0.4, -0.2) is 31.1 Å². The van der Waals surface area contributed by atoms with Crippen molar-refractivity contribution in [2.75, 3.05) is 26.2 Å². The SMILES string of the molecule is CCCCCN1CCC(CCOc2cccc(F)c2)CC1.Cl. The van der Waals surface area contributed by atoms with Crippen molar-refractivity contribution in [2.24, 2.45) is 5.92 Å². The monoisotopic (exact) mass is 329 g/mol. The van der Waals surface area contributed by atoms with Gasteiger partial charge in [-0.3, -0.25) is 0 Å². The fourth-order valence-electron chi connectivity index (χ4n) is 2.98. The maximum Gasteiger partial charge on any atom is 0.126 e. The predicted octanol–water partition coefficient (Wildman–Crippen LogP) is 4.92. The standard InChI is InChI=1S/C18H28FNO.ClH/c1-2-3-4-11-20-12-8-16(9-13-20)10-14-21-18-7-5-6-17(19)15-18;/h5-7,15-16H,2-4,8-14H2,1H3;1H. The third-order valence-electron chi connectivity index (χ3n) is 4.38. The number of benzene rings is 1. The maximum absolute atomic E-state index is 13.0. The lowest BCUT2D eigenvalue weighted by Gasteiger charge is -2.31. The predicted molar refractivity (Wildman–Crippen MR) is 92.4 cm³/mol. The van der Waals surface area contributed by atoms with Crippen molar-refractivity contribution in [3.8, 4) is 5.75 Å². The van der Waals surface area contributed by atoms with Gasteiger partial charge in [0.15, 0.2) is 0 Å². The van der Waals surface area contributed by atoms with Gasteiger partial charge in [0.1, 0.15) is 11.6 Å². The molecule has 2 nitrogen and oxygen atoms in total. The molecule has 0 bridgehead atoms. The van der Waals surface area contributed by atoms with Crippen LogP contribution in [0.4, 0.5) is 4.39 Å². The van der Waals surface area contributed by atoms with Crippen molar-refractivity contribution >= 4 is 12.4 Å². The number of hydrogen-bond donors (Lipinski definition) is 0. The van der Waals surface area contributed by atoms with E-state index in [2.05, 4.69) is 11.8 Å². The third-order valence-corrected chi connectivity index (χ3v) is 4.38. The maximum atomic E-state index is 13.0. The summed E-state index contributed by atoms with van der Waals surface area (Å²) >= 11 is 0. The number of ether oxygens (including phenoxy) is 1. The minimum absolute atomic E-state index is 0. The van der Waals surface area contributed by atoms with Crippen LogP contribution >= 0.6 is 12.4 Å². The Morgan fingerprint density at radius 3 is 2.68 bits per heavy atom. The second kappa shape index (κ2) is 10.8. The summed E-state index contributed by atoms with van der Waals surface area (Å²) in [5.74, 6) is 1.18. The first-order chi connectivity index (χ1) is 10.3. The Morgan fingerprint density at radius 2 is 2.00 bits per heavy atom. The van der Waals surface area contributed by atoms with E-state index in [9.17, 15) is 4.39 Å². The summed E-state index contributed by atoms with van der Waals surface area (Å²) in [7, 11) is 0. The van der Waals surface area contributed by atoms with Gasteiger partial charge in [-0.1, -0.05) is 25.8 Å². The average Bonchev–Trinajstić information content (AvgIpc) is 2.49. The van der Waals surface area contributed by atoms with Crippen LogP contribution < -0.4 is 4.74 Å². The Morgan fingerprint density at radius 1 is 1.23 bits per heavy atom. The first-order valence-corrected chi connectivity index (χ1v) is 8.38. The molecule has 1 fully saturated rings. The molecule has 1 aliphatic heterocycles. The van der Waals surface area contributed by atoms with Crippen LogP contribution in [0.1, 0.15) is 45.4 Å². The van der Waals surface area contributed by atoms with Crippen LogP contribution in [0.2, 0.25) is 0 Å². The van der Waals surface area contributed by atoms with Gasteiger partial charge in [-0.25, -0.2) is 4.39 Å². The zero-order valence-corrected chi connectivity index (χ0v) is 14.4. The van der Waals surface area contributed by atoms with Gasteiger partial charge in [0.2, 0.25) is 0 Å². The molecule has 1 aromatic rings. The van der Waals surface area contributed by atoms with E-state index in [0.29, 0.717) is 12.4 Å². The molecule has 0 spiro atoms. The highest BCUT2D eigenvalue weighted by atomic mass is 35.5. The molecule has 22 heavy (non-hydrogen) atoms. The zero-order valence-electron chi connectivity index (χ0n) is 13.6. The van der Waals surface area contributed by atoms with Gasteiger partial charge in [-0.15, -0.1) is 12.4 Å². The van der Waals surface area contributed by atoms with Crippen molar-refractivity contribution in [1.29, 1.82) is 0 Å². The lowest BCUT2D eigenvalue weighted by Crippen LogP contribution is -2.34. The van der Waals surface area contributed by atoms with E-state index in [1.165, 1.54) is 63.9 Å². The Balaban J connectivity index is 0.00000242. The molecule has 0 amide bonds. The summed E-state index contributed by atoms with van der Waals surface area (Å²) in [5.41, 5.74) is 0. The molecule has 0 N–H and O–H groups in total. The fourth-order valence-corrected chi connectivity index (χ4v) is 2.98. The van der Waals surface area contributed by atoms with Gasteiger partial charge < -0.3 is 9.64 Å². The van der Waals surface area contributed by atoms with Crippen molar-refractivity contribution < 1.29 is 9.13 Å². The van der Waals surface area contributed by atoms with E-state index in [1.54, 1.807) is 6.07 Å². The molecule has 126 valence electrons. The zero-order chi connectivity index (χ0) is 14.9. The molecule has 2 rings (SSSR count). The van der Waals surface area contributed by atoms with Crippen molar-refractivity contribution in [3.05, 3.63) is 30.1 Å². The van der Waals surface area contributed by atoms with Crippen molar-refractivity contribution in [1.82, 2.24) is 4.90 Å². The molecular formula is C18H29ClFNO. The number of hydrogen-bond acceptors (Lipinski definition) is 2. The van der Waals surface area contributed by atoms with Crippen molar-refractivity contribution in [2.45, 2.75) is 45.4 Å². The van der Waals surface area contributed by atoms with Crippen molar-refractivity contribution in [3.63, 3.8) is 0 Å². The second-order valence-corrected chi connectivity index (χ2v) is 6.09. The van der Waals surface area contributed by atoms with Gasteiger partial charge in [0.25, 0.3) is 0 Å². The lowest BCUT2D eigenvalue weighted by atomic mass is 9.94. The second-order valence-electron chi connectivity index (χ2n) is 6.09. The summed E-state index contributed by atoms with van der Waals surface area (Å²) in [6, 6.07) is 6.41. The molecule has 1 aliphatic rings. The van der Waals surface area contributed by atoms with Crippen LogP contribution in [0.3, 0.4) is 0 Å². The van der Waals surface area contributed by atoms with Gasteiger partial charge in [-0.2, -0.15) is 0 Å². The molecule has 0 saturated carbocycles. The minimum Gasteiger partial charge on any atom is -0.493 e. The molecule has 0 unspecified atom stereocenters. The quantitative estimate of drug-likeness (QED) is 0.628. The highest BCUT2D eigenvalue weighted by Crippen LogP contribution is 2.21. The molecule has 0 atom stereocenters. The molecule has 1 aromatic carbocycles. The normalized spacial score (nSPS) is 16.3. The van der Waals surface area contributed by atoms with E-state index in [-0.39, 0.29) is 18.2 Å². The van der Waals surface area contributed by atoms with E-state index in [4.69, 9.17) is 4.74 Å². The number of likely N-dealkylation sites (tertiary alicyclic amines) is 1. The summed E-state index contributed by atoms with van der Waals surface area (Å²) in [6.07, 6.45) is 7.62. The van der Waals surface area contributed by atoms with Gasteiger partial charge >= 0.3 is 0 Å². The van der Waals surface area contributed by atoms with E-state index in [1.807, 2.05) is 6.07 Å². The Hall–Kier alpha value is -0.800. The molecule has 0 aliphatic carbocycles. The Labute approximate surface area is 140 Å². The smallest absolute Gasteiger partial charge is 0.126 e. The fraction of sp³-hybridized carbons (Fsp3) is 0.667. The van der Waals surface area contributed by atoms with Crippen LogP contribution in [0.25, 0.3) is 0 Å². The first-order valence-electron chi connectivity index (χ1n) is 8.38. The highest BCUT2D eigenvalue weighted by molar-refractivity contribution is 5.85. The van der Waals surface area contributed by atoms with E-state index >= 15 is 0 Å². The summed E-state index contributed by atoms with van der Waals surface area (Å²) in [6.45, 7) is 6.68. The van der Waals surface area contributed by atoms with Crippen LogP contribution in [0, 0.1) is 11.7 Å². The topological polar surface area (TPSA) is 12.5 Å². The average molecular weight is 330 g/mol. The largest absolute Gasteiger partial charge is 0.493 e. The van der Waals surface area contributed by atoms with Crippen LogP contribution in [0.15, 0.2) is 24.3 Å². The highest BCUT2D eigenvalue weighted by Gasteiger charge is 2.18. The molecular weight excluding hydrogens is 301 g/mol. The summed E-state index contributed by atoms with van der Waals surface area (Å²) < 4.78 is 18.7. The van der Waals surface area contributed by atoms with Crippen LogP contribution in [0.5, 0.6) is 5.75 Å². The van der Waals surface area contributed by atoms with Crippen LogP contribution in [-0.2, 0) is 0 Å². The number of halogens is 2. The first kappa shape index (κ1) is 19.2. The van der Waals surface area contributed by atoms with E-state index < -0.39 is 0 Å². The molecule has 1 saturated heterocycles. The Kier molecular flexibility index (Phi) is 9.49. The lowest BCUT2D eigenvalue weighted by molar-refractivity contribution is 0.161.